The molecule has 0 saturated carbocycles. The predicted octanol–water partition coefficient (Wildman–Crippen LogP) is 3.83. The summed E-state index contributed by atoms with van der Waals surface area (Å²) in [6.07, 6.45) is 1.75. The molecule has 2 N–H and O–H groups in total. The highest BCUT2D eigenvalue weighted by atomic mass is 31.0. The highest BCUT2D eigenvalue weighted by molar-refractivity contribution is 7.18. The number of alkyl halides is 2. The number of halogens is 2. The van der Waals surface area contributed by atoms with Gasteiger partial charge in [-0.3, -0.25) is 4.98 Å². The van der Waals surface area contributed by atoms with Crippen molar-refractivity contribution in [1.29, 1.82) is 0 Å². The summed E-state index contributed by atoms with van der Waals surface area (Å²) in [5, 5.41) is 0. The number of aromatic nitrogens is 1. The minimum Gasteiger partial charge on any atom is -0.319 e. The molecule has 2 rings (SSSR count). The zero-order valence-corrected chi connectivity index (χ0v) is 12.6. The third-order valence-electron chi connectivity index (χ3n) is 3.08. The first-order valence-corrected chi connectivity index (χ1v) is 6.82. The summed E-state index contributed by atoms with van der Waals surface area (Å²) in [6, 6.07) is 7.73. The summed E-state index contributed by atoms with van der Waals surface area (Å²) in [5.41, 5.74) is 6.47. The number of hydrogen-bond acceptors (Lipinski definition) is 2. The number of pyridine rings is 1. The molecule has 1 aromatic heterocycles. The second-order valence-electron chi connectivity index (χ2n) is 5.01. The molecule has 2 atom stereocenters. The summed E-state index contributed by atoms with van der Waals surface area (Å²) < 4.78 is 26.7. The van der Waals surface area contributed by atoms with Crippen LogP contribution in [0.2, 0.25) is 0 Å². The molecule has 2 aromatic rings. The number of hydrogen-bond donors (Lipinski definition) is 1. The van der Waals surface area contributed by atoms with Crippen LogP contribution in [0, 0.1) is 13.8 Å². The van der Waals surface area contributed by atoms with Gasteiger partial charge in [0.15, 0.2) is 0 Å². The van der Waals surface area contributed by atoms with Crippen molar-refractivity contribution in [3.8, 4) is 11.3 Å². The van der Waals surface area contributed by atoms with Crippen molar-refractivity contribution in [3.05, 3.63) is 53.2 Å². The van der Waals surface area contributed by atoms with Gasteiger partial charge in [-0.1, -0.05) is 26.9 Å². The third-order valence-corrected chi connectivity index (χ3v) is 3.44. The summed E-state index contributed by atoms with van der Waals surface area (Å²) in [7, 11) is 1.50. The Balaban J connectivity index is 2.46. The molecule has 0 saturated heterocycles. The van der Waals surface area contributed by atoms with E-state index in [0.29, 0.717) is 5.56 Å². The quantitative estimate of drug-likeness (QED) is 0.874. The molecule has 5 heteroatoms. The molecule has 0 amide bonds. The minimum absolute atomic E-state index is 0.405. The van der Waals surface area contributed by atoms with Crippen LogP contribution in [0.15, 0.2) is 36.5 Å². The van der Waals surface area contributed by atoms with Gasteiger partial charge in [0.2, 0.25) is 0 Å². The van der Waals surface area contributed by atoms with Crippen molar-refractivity contribution >= 4 is 9.24 Å². The van der Waals surface area contributed by atoms with E-state index in [1.165, 1.54) is 9.24 Å². The van der Waals surface area contributed by atoms with Gasteiger partial charge in [-0.05, 0) is 43.2 Å². The van der Waals surface area contributed by atoms with Crippen molar-refractivity contribution in [3.63, 3.8) is 0 Å². The lowest BCUT2D eigenvalue weighted by molar-refractivity contribution is 0.0736. The molecule has 0 bridgehead atoms. The Morgan fingerprint density at radius 1 is 1.15 bits per heavy atom. The van der Waals surface area contributed by atoms with Crippen molar-refractivity contribution in [2.45, 2.75) is 25.6 Å². The Morgan fingerprint density at radius 3 is 2.40 bits per heavy atom. The van der Waals surface area contributed by atoms with Crippen LogP contribution in [0.25, 0.3) is 11.3 Å². The molecule has 106 valence electrons. The van der Waals surface area contributed by atoms with Crippen molar-refractivity contribution in [2.24, 2.45) is 5.73 Å². The lowest BCUT2D eigenvalue weighted by Crippen LogP contribution is -2.27. The van der Waals surface area contributed by atoms with Gasteiger partial charge in [0.25, 0.3) is 5.66 Å². The molecule has 0 spiro atoms. The van der Waals surface area contributed by atoms with E-state index in [0.717, 1.165) is 22.4 Å². The molecule has 0 aliphatic rings. The highest BCUT2D eigenvalue weighted by Gasteiger charge is 2.32. The van der Waals surface area contributed by atoms with E-state index in [4.69, 9.17) is 5.73 Å². The molecule has 1 aromatic carbocycles. The standard InChI is InChI=1S/C15H17F2N2P/c1-9-3-4-13(19-8-9)11-5-10(2)6-12(7-11)14(18)15(16,17)20/h3-8,14H,18,20H2,1-2H3. The number of aryl methyl sites for hydroxylation is 2. The van der Waals surface area contributed by atoms with Gasteiger partial charge in [-0.25, -0.2) is 8.78 Å². The average molecular weight is 294 g/mol. The summed E-state index contributed by atoms with van der Waals surface area (Å²) >= 11 is 0. The first kappa shape index (κ1) is 15.0. The van der Waals surface area contributed by atoms with Crippen LogP contribution in [0.5, 0.6) is 0 Å². The fraction of sp³-hybridized carbons (Fsp3) is 0.267. The molecule has 0 aliphatic heterocycles. The third kappa shape index (κ3) is 3.38. The van der Waals surface area contributed by atoms with E-state index in [1.54, 1.807) is 18.3 Å². The van der Waals surface area contributed by atoms with Crippen LogP contribution >= 0.6 is 9.24 Å². The zero-order chi connectivity index (χ0) is 14.9. The largest absolute Gasteiger partial charge is 0.319 e. The normalized spacial score (nSPS) is 13.3. The van der Waals surface area contributed by atoms with Gasteiger partial charge in [0.05, 0.1) is 11.7 Å². The van der Waals surface area contributed by atoms with Gasteiger partial charge in [-0.2, -0.15) is 0 Å². The maximum absolute atomic E-state index is 13.3. The number of nitrogens with two attached hydrogens (primary N) is 1. The highest BCUT2D eigenvalue weighted by Crippen LogP contribution is 2.36. The minimum atomic E-state index is -3.04. The molecule has 20 heavy (non-hydrogen) atoms. The van der Waals surface area contributed by atoms with E-state index in [-0.39, 0.29) is 0 Å². The van der Waals surface area contributed by atoms with E-state index in [1.807, 2.05) is 32.0 Å². The molecule has 0 aliphatic carbocycles. The van der Waals surface area contributed by atoms with Crippen LogP contribution in [-0.4, -0.2) is 10.6 Å². The first-order valence-electron chi connectivity index (χ1n) is 6.24. The molecule has 2 nitrogen and oxygen atoms in total. The van der Waals surface area contributed by atoms with Crippen molar-refractivity contribution < 1.29 is 8.78 Å². The van der Waals surface area contributed by atoms with Gasteiger partial charge < -0.3 is 5.73 Å². The van der Waals surface area contributed by atoms with Gasteiger partial charge in [0, 0.05) is 11.8 Å². The average Bonchev–Trinajstić information content (AvgIpc) is 2.37. The van der Waals surface area contributed by atoms with E-state index < -0.39 is 11.7 Å². The Morgan fingerprint density at radius 2 is 1.85 bits per heavy atom. The molecular weight excluding hydrogens is 277 g/mol. The monoisotopic (exact) mass is 294 g/mol. The number of rotatable bonds is 3. The van der Waals surface area contributed by atoms with Gasteiger partial charge >= 0.3 is 0 Å². The molecular formula is C15H17F2N2P. The lowest BCUT2D eigenvalue weighted by Gasteiger charge is -2.20. The van der Waals surface area contributed by atoms with Crippen LogP contribution in [0.4, 0.5) is 8.78 Å². The topological polar surface area (TPSA) is 38.9 Å². The summed E-state index contributed by atoms with van der Waals surface area (Å²) in [6.45, 7) is 3.80. The SMILES string of the molecule is Cc1ccc(-c2cc(C)cc(C(N)C(F)(F)P)c2)nc1. The number of benzene rings is 1. The number of nitrogens with zero attached hydrogens (tertiary/aromatic N) is 1. The second-order valence-corrected chi connectivity index (χ2v) is 5.78. The molecule has 0 fully saturated rings. The van der Waals surface area contributed by atoms with Crippen molar-refractivity contribution in [1.82, 2.24) is 4.98 Å². The van der Waals surface area contributed by atoms with Crippen LogP contribution in [0.1, 0.15) is 22.7 Å². The van der Waals surface area contributed by atoms with Crippen LogP contribution in [-0.2, 0) is 0 Å². The maximum Gasteiger partial charge on any atom is 0.277 e. The fourth-order valence-corrected chi connectivity index (χ4v) is 2.19. The van der Waals surface area contributed by atoms with Crippen molar-refractivity contribution in [2.75, 3.05) is 0 Å². The van der Waals surface area contributed by atoms with Crippen LogP contribution < -0.4 is 5.73 Å². The Labute approximate surface area is 119 Å². The molecule has 1 heterocycles. The van der Waals surface area contributed by atoms with E-state index in [9.17, 15) is 8.78 Å². The Bertz CT molecular complexity index is 606. The predicted molar refractivity (Wildman–Crippen MR) is 80.7 cm³/mol. The Hall–Kier alpha value is -1.38. The van der Waals surface area contributed by atoms with E-state index in [2.05, 4.69) is 4.98 Å². The van der Waals surface area contributed by atoms with Gasteiger partial charge in [-0.15, -0.1) is 0 Å². The van der Waals surface area contributed by atoms with Gasteiger partial charge in [0.1, 0.15) is 0 Å². The second kappa shape index (κ2) is 5.55. The Kier molecular flexibility index (Phi) is 4.17. The summed E-state index contributed by atoms with van der Waals surface area (Å²) in [5.74, 6) is 0. The molecule has 2 unspecified atom stereocenters. The molecule has 0 radical (unpaired) electrons. The van der Waals surface area contributed by atoms with E-state index >= 15 is 0 Å². The first-order chi connectivity index (χ1) is 9.27. The summed E-state index contributed by atoms with van der Waals surface area (Å²) in [4.78, 5) is 4.32. The maximum atomic E-state index is 13.3. The van der Waals surface area contributed by atoms with Crippen LogP contribution in [0.3, 0.4) is 0 Å². The lowest BCUT2D eigenvalue weighted by atomic mass is 9.99. The smallest absolute Gasteiger partial charge is 0.277 e. The zero-order valence-electron chi connectivity index (χ0n) is 11.4. The fourth-order valence-electron chi connectivity index (χ4n) is 2.00.